The van der Waals surface area contributed by atoms with Gasteiger partial charge in [0.15, 0.2) is 5.78 Å². The normalized spacial score (nSPS) is 21.7. The molecule has 1 aliphatic rings. The van der Waals surface area contributed by atoms with Gasteiger partial charge in [-0.15, -0.1) is 0 Å². The summed E-state index contributed by atoms with van der Waals surface area (Å²) in [5, 5.41) is 19.8. The summed E-state index contributed by atoms with van der Waals surface area (Å²) in [6, 6.07) is 5.45. The fourth-order valence-corrected chi connectivity index (χ4v) is 2.90. The molecule has 0 bridgehead atoms. The number of rotatable bonds is 5. The Morgan fingerprint density at radius 3 is 2.38 bits per heavy atom. The number of Topliss-reactive ketones (excluding diaryl/α,β-unsaturated/α-hetero) is 1. The van der Waals surface area contributed by atoms with Crippen molar-refractivity contribution in [1.82, 2.24) is 0 Å². The third-order valence-corrected chi connectivity index (χ3v) is 4.07. The third kappa shape index (κ3) is 3.65. The van der Waals surface area contributed by atoms with Crippen LogP contribution in [0.3, 0.4) is 0 Å². The summed E-state index contributed by atoms with van der Waals surface area (Å²) < 4.78 is 0. The van der Waals surface area contributed by atoms with Crippen molar-refractivity contribution in [2.75, 3.05) is 0 Å². The van der Waals surface area contributed by atoms with Crippen LogP contribution in [-0.2, 0) is 4.79 Å². The Morgan fingerprint density at radius 2 is 1.81 bits per heavy atom. The van der Waals surface area contributed by atoms with E-state index in [2.05, 4.69) is 0 Å². The molecule has 112 valence electrons. The van der Waals surface area contributed by atoms with Crippen LogP contribution < -0.4 is 0 Å². The number of aliphatic carboxylic acids is 1. The number of nitro benzene ring substituents is 1. The van der Waals surface area contributed by atoms with Gasteiger partial charge in [-0.3, -0.25) is 19.7 Å². The number of benzene rings is 1. The molecule has 1 aromatic rings. The zero-order chi connectivity index (χ0) is 15.4. The number of ketones is 1. The number of carboxylic acid groups (broad SMARTS) is 1. The van der Waals surface area contributed by atoms with Crippen LogP contribution in [-0.4, -0.2) is 21.8 Å². The summed E-state index contributed by atoms with van der Waals surface area (Å²) in [6.45, 7) is 0. The lowest BCUT2D eigenvalue weighted by Crippen LogP contribution is -2.28. The topological polar surface area (TPSA) is 97.5 Å². The van der Waals surface area contributed by atoms with Gasteiger partial charge < -0.3 is 5.11 Å². The lowest BCUT2D eigenvalue weighted by molar-refractivity contribution is -0.384. The first-order valence-electron chi connectivity index (χ1n) is 6.99. The first kappa shape index (κ1) is 15.2. The second kappa shape index (κ2) is 6.47. The Hall–Kier alpha value is -2.24. The van der Waals surface area contributed by atoms with Crippen LogP contribution >= 0.6 is 0 Å². The lowest BCUT2D eigenvalue weighted by Gasteiger charge is -2.27. The van der Waals surface area contributed by atoms with E-state index in [1.807, 2.05) is 0 Å². The minimum atomic E-state index is -0.837. The Balaban J connectivity index is 2.06. The highest BCUT2D eigenvalue weighted by Gasteiger charge is 2.32. The van der Waals surface area contributed by atoms with E-state index < -0.39 is 16.8 Å². The van der Waals surface area contributed by atoms with Gasteiger partial charge in [0, 0.05) is 24.1 Å². The average Bonchev–Trinajstić information content (AvgIpc) is 2.47. The SMILES string of the molecule is O=C(C[C@@H]1CCCC[C@@H]1C(=O)O)c1ccc([N+](=O)[O-])cc1. The molecule has 6 nitrogen and oxygen atoms in total. The summed E-state index contributed by atoms with van der Waals surface area (Å²) in [4.78, 5) is 33.5. The standard InChI is InChI=1S/C15H17NO5/c17-14(10-5-7-12(8-6-10)16(20)21)9-11-3-1-2-4-13(11)15(18)19/h5-8,11,13H,1-4,9H2,(H,18,19)/t11-,13-/m0/s1. The largest absolute Gasteiger partial charge is 0.481 e. The summed E-state index contributed by atoms with van der Waals surface area (Å²) >= 11 is 0. The first-order valence-corrected chi connectivity index (χ1v) is 6.99. The van der Waals surface area contributed by atoms with E-state index in [4.69, 9.17) is 0 Å². The molecule has 0 heterocycles. The van der Waals surface area contributed by atoms with Crippen molar-refractivity contribution in [2.24, 2.45) is 11.8 Å². The van der Waals surface area contributed by atoms with Crippen LogP contribution in [0, 0.1) is 22.0 Å². The molecule has 1 aliphatic carbocycles. The molecule has 1 fully saturated rings. The molecule has 0 spiro atoms. The molecule has 1 saturated carbocycles. The minimum Gasteiger partial charge on any atom is -0.481 e. The summed E-state index contributed by atoms with van der Waals surface area (Å²) in [6.07, 6.45) is 3.39. The maximum Gasteiger partial charge on any atom is 0.306 e. The number of hydrogen-bond acceptors (Lipinski definition) is 4. The molecule has 0 aliphatic heterocycles. The highest BCUT2D eigenvalue weighted by atomic mass is 16.6. The van der Waals surface area contributed by atoms with Crippen LogP contribution in [0.25, 0.3) is 0 Å². The zero-order valence-electron chi connectivity index (χ0n) is 11.5. The maximum absolute atomic E-state index is 12.2. The minimum absolute atomic E-state index is 0.0624. The van der Waals surface area contributed by atoms with Gasteiger partial charge in [-0.2, -0.15) is 0 Å². The van der Waals surface area contributed by atoms with E-state index in [-0.39, 0.29) is 23.8 Å². The number of hydrogen-bond donors (Lipinski definition) is 1. The average molecular weight is 291 g/mol. The monoisotopic (exact) mass is 291 g/mol. The summed E-state index contributed by atoms with van der Waals surface area (Å²) in [5.74, 6) is -1.58. The van der Waals surface area contributed by atoms with Gasteiger partial charge >= 0.3 is 5.97 Å². The van der Waals surface area contributed by atoms with Crippen LogP contribution in [0.1, 0.15) is 42.5 Å². The molecule has 1 aromatic carbocycles. The molecule has 0 unspecified atom stereocenters. The van der Waals surface area contributed by atoms with Crippen molar-refractivity contribution >= 4 is 17.4 Å². The second-order valence-corrected chi connectivity index (χ2v) is 5.42. The van der Waals surface area contributed by atoms with Gasteiger partial charge in [0.2, 0.25) is 0 Å². The molecule has 21 heavy (non-hydrogen) atoms. The predicted molar refractivity (Wildman–Crippen MR) is 75.1 cm³/mol. The predicted octanol–water partition coefficient (Wildman–Crippen LogP) is 3.06. The summed E-state index contributed by atoms with van der Waals surface area (Å²) in [5.41, 5.74) is 0.336. The molecule has 1 N–H and O–H groups in total. The molecule has 2 atom stereocenters. The van der Waals surface area contributed by atoms with Gasteiger partial charge in [-0.1, -0.05) is 12.8 Å². The molecule has 6 heteroatoms. The van der Waals surface area contributed by atoms with Crippen LogP contribution in [0.5, 0.6) is 0 Å². The quantitative estimate of drug-likeness (QED) is 0.510. The molecule has 0 radical (unpaired) electrons. The van der Waals surface area contributed by atoms with Crippen molar-refractivity contribution in [3.8, 4) is 0 Å². The van der Waals surface area contributed by atoms with Crippen molar-refractivity contribution in [3.63, 3.8) is 0 Å². The van der Waals surface area contributed by atoms with Crippen LogP contribution in [0.4, 0.5) is 5.69 Å². The van der Waals surface area contributed by atoms with Crippen molar-refractivity contribution in [3.05, 3.63) is 39.9 Å². The number of carbonyl (C=O) groups is 2. The lowest BCUT2D eigenvalue weighted by atomic mass is 9.76. The zero-order valence-corrected chi connectivity index (χ0v) is 11.5. The van der Waals surface area contributed by atoms with Gasteiger partial charge in [-0.25, -0.2) is 0 Å². The smallest absolute Gasteiger partial charge is 0.306 e. The highest BCUT2D eigenvalue weighted by Crippen LogP contribution is 2.33. The Bertz CT molecular complexity index is 552. The molecular formula is C15H17NO5. The number of nitrogens with zero attached hydrogens (tertiary/aromatic N) is 1. The molecule has 0 aromatic heterocycles. The van der Waals surface area contributed by atoms with Crippen LogP contribution in [0.15, 0.2) is 24.3 Å². The number of nitro groups is 1. The molecule has 2 rings (SSSR count). The Labute approximate surface area is 121 Å². The van der Waals surface area contributed by atoms with Gasteiger partial charge in [0.1, 0.15) is 0 Å². The van der Waals surface area contributed by atoms with E-state index in [1.165, 1.54) is 24.3 Å². The first-order chi connectivity index (χ1) is 9.99. The van der Waals surface area contributed by atoms with Crippen molar-refractivity contribution in [2.45, 2.75) is 32.1 Å². The van der Waals surface area contributed by atoms with E-state index in [0.29, 0.717) is 12.0 Å². The number of non-ortho nitro benzene ring substituents is 1. The Morgan fingerprint density at radius 1 is 1.19 bits per heavy atom. The fraction of sp³-hybridized carbons (Fsp3) is 0.467. The van der Waals surface area contributed by atoms with E-state index in [1.54, 1.807) is 0 Å². The van der Waals surface area contributed by atoms with E-state index in [9.17, 15) is 24.8 Å². The van der Waals surface area contributed by atoms with Crippen molar-refractivity contribution in [1.29, 1.82) is 0 Å². The Kier molecular flexibility index (Phi) is 4.67. The second-order valence-electron chi connectivity index (χ2n) is 5.42. The van der Waals surface area contributed by atoms with E-state index >= 15 is 0 Å². The van der Waals surface area contributed by atoms with Crippen LogP contribution in [0.2, 0.25) is 0 Å². The van der Waals surface area contributed by atoms with Gasteiger partial charge in [0.25, 0.3) is 5.69 Å². The number of carbonyl (C=O) groups excluding carboxylic acids is 1. The van der Waals surface area contributed by atoms with Gasteiger partial charge in [0.05, 0.1) is 10.8 Å². The fourth-order valence-electron chi connectivity index (χ4n) is 2.90. The van der Waals surface area contributed by atoms with Gasteiger partial charge in [-0.05, 0) is 30.9 Å². The number of carboxylic acids is 1. The molecular weight excluding hydrogens is 274 g/mol. The molecule has 0 saturated heterocycles. The van der Waals surface area contributed by atoms with Crippen molar-refractivity contribution < 1.29 is 19.6 Å². The summed E-state index contributed by atoms with van der Waals surface area (Å²) in [7, 11) is 0. The van der Waals surface area contributed by atoms with E-state index in [0.717, 1.165) is 19.3 Å². The maximum atomic E-state index is 12.2. The highest BCUT2D eigenvalue weighted by molar-refractivity contribution is 5.96. The third-order valence-electron chi connectivity index (χ3n) is 4.07. The molecule has 0 amide bonds.